The molecule has 0 aromatic carbocycles. The first-order valence-corrected chi connectivity index (χ1v) is 6.08. The van der Waals surface area contributed by atoms with E-state index in [1.54, 1.807) is 4.57 Å². The van der Waals surface area contributed by atoms with Gasteiger partial charge in [0.1, 0.15) is 17.8 Å². The summed E-state index contributed by atoms with van der Waals surface area (Å²) in [6.45, 7) is -0.248. The summed E-state index contributed by atoms with van der Waals surface area (Å²) >= 11 is 5.93. The van der Waals surface area contributed by atoms with Crippen LogP contribution in [0, 0.1) is 0 Å². The second-order valence-corrected chi connectivity index (χ2v) is 4.67. The van der Waals surface area contributed by atoms with Gasteiger partial charge in [-0.15, -0.1) is 0 Å². The highest BCUT2D eigenvalue weighted by Gasteiger charge is 2.35. The summed E-state index contributed by atoms with van der Waals surface area (Å²) in [7, 11) is 0. The van der Waals surface area contributed by atoms with Gasteiger partial charge < -0.3 is 20.7 Å². The predicted octanol–water partition coefficient (Wildman–Crippen LogP) is -0.297. The number of halogens is 1. The molecule has 8 nitrogen and oxygen atoms in total. The zero-order valence-electron chi connectivity index (χ0n) is 9.77. The molecule has 2 aromatic rings. The van der Waals surface area contributed by atoms with E-state index in [-0.39, 0.29) is 17.7 Å². The molecule has 3 atom stereocenters. The van der Waals surface area contributed by atoms with E-state index in [2.05, 4.69) is 15.0 Å². The van der Waals surface area contributed by atoms with Gasteiger partial charge in [-0.1, -0.05) is 11.6 Å². The number of imidazole rings is 1. The molecule has 0 bridgehead atoms. The Morgan fingerprint density at radius 2 is 2.32 bits per heavy atom. The lowest BCUT2D eigenvalue weighted by atomic mass is 10.2. The number of nitrogen functional groups attached to an aromatic ring is 1. The van der Waals surface area contributed by atoms with E-state index in [9.17, 15) is 5.11 Å². The van der Waals surface area contributed by atoms with Crippen LogP contribution < -0.4 is 5.73 Å². The minimum Gasteiger partial charge on any atom is -0.394 e. The lowest BCUT2D eigenvalue weighted by Crippen LogP contribution is -2.24. The van der Waals surface area contributed by atoms with Crippen LogP contribution in [0.2, 0.25) is 5.15 Å². The highest BCUT2D eigenvalue weighted by atomic mass is 35.5. The van der Waals surface area contributed by atoms with Crippen LogP contribution in [0.5, 0.6) is 0 Å². The molecule has 1 saturated heterocycles. The largest absolute Gasteiger partial charge is 0.394 e. The van der Waals surface area contributed by atoms with Gasteiger partial charge in [0.15, 0.2) is 10.8 Å². The SMILES string of the molecule is Nc1nc(Cl)c2ncn([C@@H]3C[C@@H](O)[C@H](CO)O3)c2n1. The van der Waals surface area contributed by atoms with Crippen molar-refractivity contribution < 1.29 is 14.9 Å². The van der Waals surface area contributed by atoms with Crippen molar-refractivity contribution in [2.24, 2.45) is 0 Å². The zero-order chi connectivity index (χ0) is 13.6. The highest BCUT2D eigenvalue weighted by Crippen LogP contribution is 2.31. The van der Waals surface area contributed by atoms with Crippen LogP contribution in [0.25, 0.3) is 11.2 Å². The fourth-order valence-corrected chi connectivity index (χ4v) is 2.38. The number of ether oxygens (including phenoxy) is 1. The number of nitrogens with two attached hydrogens (primary N) is 1. The molecule has 2 aromatic heterocycles. The Kier molecular flexibility index (Phi) is 3.02. The average Bonchev–Trinajstić information content (AvgIpc) is 2.92. The van der Waals surface area contributed by atoms with Crippen LogP contribution in [-0.2, 0) is 4.74 Å². The van der Waals surface area contributed by atoms with Gasteiger partial charge >= 0.3 is 0 Å². The summed E-state index contributed by atoms with van der Waals surface area (Å²) in [5.41, 5.74) is 6.41. The minimum atomic E-state index is -0.734. The molecule has 4 N–H and O–H groups in total. The van der Waals surface area contributed by atoms with Gasteiger partial charge in [-0.3, -0.25) is 4.57 Å². The van der Waals surface area contributed by atoms with Crippen molar-refractivity contribution in [2.75, 3.05) is 12.3 Å². The van der Waals surface area contributed by atoms with Crippen molar-refractivity contribution in [1.29, 1.82) is 0 Å². The Bertz CT molecular complexity index is 618. The van der Waals surface area contributed by atoms with Crippen LogP contribution in [0.15, 0.2) is 6.33 Å². The van der Waals surface area contributed by atoms with Crippen molar-refractivity contribution in [3.05, 3.63) is 11.5 Å². The van der Waals surface area contributed by atoms with E-state index in [1.807, 2.05) is 0 Å². The predicted molar refractivity (Wildman–Crippen MR) is 66.4 cm³/mol. The minimum absolute atomic E-state index is 0.0384. The molecule has 19 heavy (non-hydrogen) atoms. The summed E-state index contributed by atoms with van der Waals surface area (Å²) < 4.78 is 7.16. The summed E-state index contributed by atoms with van der Waals surface area (Å²) in [5.74, 6) is 0.0384. The van der Waals surface area contributed by atoms with Crippen LogP contribution >= 0.6 is 11.6 Å². The van der Waals surface area contributed by atoms with E-state index in [1.165, 1.54) is 6.33 Å². The lowest BCUT2D eigenvalue weighted by Gasteiger charge is -2.13. The fourth-order valence-electron chi connectivity index (χ4n) is 2.16. The van der Waals surface area contributed by atoms with E-state index >= 15 is 0 Å². The Hall–Kier alpha value is -1.48. The van der Waals surface area contributed by atoms with Crippen LogP contribution in [0.1, 0.15) is 12.6 Å². The standard InChI is InChI=1S/C10H12ClN5O3/c11-8-7-9(15-10(12)14-8)16(3-13-7)6-1-4(18)5(2-17)19-6/h3-6,17-18H,1-2H2,(H2,12,14,15)/t4-,5+,6+/m1/s1. The number of nitrogens with zero attached hydrogens (tertiary/aromatic N) is 4. The Morgan fingerprint density at radius 3 is 3.00 bits per heavy atom. The van der Waals surface area contributed by atoms with Crippen molar-refractivity contribution in [1.82, 2.24) is 19.5 Å². The molecule has 0 saturated carbocycles. The number of hydrogen-bond donors (Lipinski definition) is 3. The zero-order valence-corrected chi connectivity index (χ0v) is 10.5. The number of aliphatic hydroxyl groups is 2. The van der Waals surface area contributed by atoms with Crippen LogP contribution in [0.3, 0.4) is 0 Å². The number of hydrogen-bond acceptors (Lipinski definition) is 7. The number of fused-ring (bicyclic) bond motifs is 1. The first-order valence-electron chi connectivity index (χ1n) is 5.70. The quantitative estimate of drug-likeness (QED) is 0.648. The third kappa shape index (κ3) is 2.02. The lowest BCUT2D eigenvalue weighted by molar-refractivity contribution is -0.0432. The summed E-state index contributed by atoms with van der Waals surface area (Å²) in [4.78, 5) is 12.0. The van der Waals surface area contributed by atoms with E-state index in [4.69, 9.17) is 27.2 Å². The van der Waals surface area contributed by atoms with Gasteiger partial charge in [0.2, 0.25) is 5.95 Å². The Morgan fingerprint density at radius 1 is 1.53 bits per heavy atom. The molecule has 1 fully saturated rings. The van der Waals surface area contributed by atoms with Gasteiger partial charge in [0.25, 0.3) is 0 Å². The average molecular weight is 286 g/mol. The van der Waals surface area contributed by atoms with Crippen molar-refractivity contribution >= 4 is 28.7 Å². The number of anilines is 1. The van der Waals surface area contributed by atoms with Gasteiger partial charge in [0, 0.05) is 6.42 Å². The smallest absolute Gasteiger partial charge is 0.223 e. The maximum absolute atomic E-state index is 9.74. The molecule has 9 heteroatoms. The van der Waals surface area contributed by atoms with Crippen molar-refractivity contribution in [3.8, 4) is 0 Å². The molecule has 3 heterocycles. The van der Waals surface area contributed by atoms with E-state index < -0.39 is 18.4 Å². The Balaban J connectivity index is 2.02. The van der Waals surface area contributed by atoms with E-state index in [0.29, 0.717) is 17.6 Å². The van der Waals surface area contributed by atoms with Crippen LogP contribution in [0.4, 0.5) is 5.95 Å². The fraction of sp³-hybridized carbons (Fsp3) is 0.500. The third-order valence-corrected chi connectivity index (χ3v) is 3.35. The number of aromatic nitrogens is 4. The molecule has 1 aliphatic heterocycles. The van der Waals surface area contributed by atoms with Gasteiger partial charge in [-0.2, -0.15) is 9.97 Å². The molecule has 0 unspecified atom stereocenters. The molecule has 0 amide bonds. The number of aliphatic hydroxyl groups excluding tert-OH is 2. The van der Waals surface area contributed by atoms with E-state index in [0.717, 1.165) is 0 Å². The van der Waals surface area contributed by atoms with Gasteiger partial charge in [-0.05, 0) is 0 Å². The topological polar surface area (TPSA) is 119 Å². The number of rotatable bonds is 2. The molecular weight excluding hydrogens is 274 g/mol. The second-order valence-electron chi connectivity index (χ2n) is 4.31. The molecule has 1 aliphatic rings. The summed E-state index contributed by atoms with van der Waals surface area (Å²) in [5, 5.41) is 19.0. The Labute approximate surface area is 112 Å². The normalized spacial score (nSPS) is 27.2. The van der Waals surface area contributed by atoms with Crippen LogP contribution in [-0.4, -0.2) is 48.5 Å². The first kappa shape index (κ1) is 12.5. The molecule has 0 spiro atoms. The molecular formula is C10H12ClN5O3. The summed E-state index contributed by atoms with van der Waals surface area (Å²) in [6.07, 6.45) is 0.0155. The maximum Gasteiger partial charge on any atom is 0.223 e. The highest BCUT2D eigenvalue weighted by molar-refractivity contribution is 6.33. The first-order chi connectivity index (χ1) is 9.10. The molecule has 102 valence electrons. The van der Waals surface area contributed by atoms with Gasteiger partial charge in [0.05, 0.1) is 19.0 Å². The third-order valence-electron chi connectivity index (χ3n) is 3.09. The monoisotopic (exact) mass is 285 g/mol. The molecule has 0 aliphatic carbocycles. The summed E-state index contributed by atoms with van der Waals surface area (Å²) in [6, 6.07) is 0. The molecule has 0 radical (unpaired) electrons. The van der Waals surface area contributed by atoms with Crippen molar-refractivity contribution in [2.45, 2.75) is 24.9 Å². The molecule has 3 rings (SSSR count). The maximum atomic E-state index is 9.74. The van der Waals surface area contributed by atoms with Gasteiger partial charge in [-0.25, -0.2) is 4.98 Å². The van der Waals surface area contributed by atoms with Crippen molar-refractivity contribution in [3.63, 3.8) is 0 Å². The second kappa shape index (κ2) is 4.57.